The highest BCUT2D eigenvalue weighted by molar-refractivity contribution is 14.1. The fourth-order valence-electron chi connectivity index (χ4n) is 0.949. The van der Waals surface area contributed by atoms with E-state index in [1.807, 2.05) is 22.6 Å². The highest BCUT2D eigenvalue weighted by Gasteiger charge is 2.13. The van der Waals surface area contributed by atoms with Gasteiger partial charge in [0, 0.05) is 8.48 Å². The zero-order valence-corrected chi connectivity index (χ0v) is 9.80. The Morgan fingerprint density at radius 2 is 2.33 bits per heavy atom. The number of carbonyl (C=O) groups excluding carboxylic acids is 1. The Hall–Kier alpha value is -1.47. The van der Waals surface area contributed by atoms with Gasteiger partial charge in [0.05, 0.1) is 12.8 Å². The predicted octanol–water partition coefficient (Wildman–Crippen LogP) is 2.73. The first-order valence-electron chi connectivity index (χ1n) is 3.76. The maximum Gasteiger partial charge on any atom is 0.341 e. The molecule has 7 heteroatoms. The summed E-state index contributed by atoms with van der Waals surface area (Å²) in [6.45, 7) is 0. The number of ether oxygens (including phenoxy) is 1. The molecule has 0 aromatic heterocycles. The molecule has 0 spiro atoms. The number of benzene rings is 1. The van der Waals surface area contributed by atoms with Crippen LogP contribution in [0.15, 0.2) is 17.2 Å². The first-order chi connectivity index (χ1) is 7.10. The molecule has 0 bridgehead atoms. The van der Waals surface area contributed by atoms with Gasteiger partial charge in [0.15, 0.2) is 0 Å². The van der Waals surface area contributed by atoms with Gasteiger partial charge in [0.2, 0.25) is 0 Å². The van der Waals surface area contributed by atoms with Crippen LogP contribution in [0.2, 0.25) is 0 Å². The lowest BCUT2D eigenvalue weighted by Gasteiger charge is -2.04. The molecule has 1 aromatic rings. The average molecular weight is 319 g/mol. The smallest absolute Gasteiger partial charge is 0.341 e. The van der Waals surface area contributed by atoms with Crippen LogP contribution in [-0.4, -0.2) is 18.2 Å². The molecule has 0 heterocycles. The van der Waals surface area contributed by atoms with Crippen LogP contribution in [-0.2, 0) is 4.74 Å². The second-order valence-corrected chi connectivity index (χ2v) is 3.66. The van der Waals surface area contributed by atoms with E-state index in [2.05, 4.69) is 14.8 Å². The number of phenolic OH excluding ortho intramolecular Hbond substituents is 1. The topological polar surface area (TPSA) is 95.3 Å². The molecular formula is C8H6IN3O3. The second kappa shape index (κ2) is 4.85. The summed E-state index contributed by atoms with van der Waals surface area (Å²) in [6, 6.07) is 2.61. The Bertz CT molecular complexity index is 455. The third-order valence-corrected chi connectivity index (χ3v) is 2.49. The third-order valence-electron chi connectivity index (χ3n) is 1.62. The minimum absolute atomic E-state index is 0.0405. The molecule has 0 aliphatic heterocycles. The Kier molecular flexibility index (Phi) is 3.75. The van der Waals surface area contributed by atoms with Crippen LogP contribution >= 0.6 is 22.6 Å². The van der Waals surface area contributed by atoms with Gasteiger partial charge < -0.3 is 9.84 Å². The van der Waals surface area contributed by atoms with Crippen molar-refractivity contribution >= 4 is 34.2 Å². The molecule has 0 aliphatic rings. The predicted molar refractivity (Wildman–Crippen MR) is 61.0 cm³/mol. The van der Waals surface area contributed by atoms with Gasteiger partial charge in [-0.05, 0) is 40.3 Å². The molecule has 1 rings (SSSR count). The Morgan fingerprint density at radius 1 is 1.67 bits per heavy atom. The number of methoxy groups -OCH3 is 1. The summed E-state index contributed by atoms with van der Waals surface area (Å²) in [7, 11) is 1.22. The van der Waals surface area contributed by atoms with Crippen LogP contribution in [0.3, 0.4) is 0 Å². The molecule has 6 nitrogen and oxygen atoms in total. The summed E-state index contributed by atoms with van der Waals surface area (Å²) in [4.78, 5) is 13.8. The van der Waals surface area contributed by atoms with Gasteiger partial charge in [0.25, 0.3) is 0 Å². The summed E-state index contributed by atoms with van der Waals surface area (Å²) in [5, 5.41) is 12.8. The van der Waals surface area contributed by atoms with E-state index < -0.39 is 5.97 Å². The fourth-order valence-corrected chi connectivity index (χ4v) is 1.52. The standard InChI is InChI=1S/C8H6IN3O3/c1-15-8(14)4-2-5(9)6(11-12-10)3-7(4)13/h2-3,13H,1H3. The maximum atomic E-state index is 11.2. The van der Waals surface area contributed by atoms with E-state index in [1.54, 1.807) is 0 Å². The molecule has 0 radical (unpaired) electrons. The van der Waals surface area contributed by atoms with E-state index in [9.17, 15) is 9.90 Å². The van der Waals surface area contributed by atoms with Gasteiger partial charge in [-0.2, -0.15) is 0 Å². The van der Waals surface area contributed by atoms with Crippen LogP contribution in [0, 0.1) is 3.57 Å². The van der Waals surface area contributed by atoms with Gasteiger partial charge in [0.1, 0.15) is 11.3 Å². The van der Waals surface area contributed by atoms with E-state index in [1.165, 1.54) is 19.2 Å². The average Bonchev–Trinajstić information content (AvgIpc) is 2.22. The van der Waals surface area contributed by atoms with Crippen molar-refractivity contribution in [2.24, 2.45) is 5.11 Å². The van der Waals surface area contributed by atoms with Crippen LogP contribution in [0.1, 0.15) is 10.4 Å². The number of nitrogens with zero attached hydrogens (tertiary/aromatic N) is 3. The molecule has 0 fully saturated rings. The number of halogens is 1. The highest BCUT2D eigenvalue weighted by Crippen LogP contribution is 2.30. The van der Waals surface area contributed by atoms with E-state index in [4.69, 9.17) is 5.53 Å². The molecule has 1 aromatic carbocycles. The number of rotatable bonds is 2. The number of hydrogen-bond acceptors (Lipinski definition) is 4. The summed E-state index contributed by atoms with van der Waals surface area (Å²) >= 11 is 1.89. The van der Waals surface area contributed by atoms with Gasteiger partial charge >= 0.3 is 5.97 Å². The van der Waals surface area contributed by atoms with Crippen molar-refractivity contribution in [2.45, 2.75) is 0 Å². The number of hydrogen-bond donors (Lipinski definition) is 1. The van der Waals surface area contributed by atoms with Crippen molar-refractivity contribution in [1.29, 1.82) is 0 Å². The summed E-state index contributed by atoms with van der Waals surface area (Å²) in [5.41, 5.74) is 8.55. The summed E-state index contributed by atoms with van der Waals surface area (Å²) in [5.74, 6) is -0.914. The lowest BCUT2D eigenvalue weighted by molar-refractivity contribution is 0.0597. The van der Waals surface area contributed by atoms with Crippen molar-refractivity contribution in [3.8, 4) is 5.75 Å². The lowest BCUT2D eigenvalue weighted by Crippen LogP contribution is -2.01. The number of azide groups is 1. The van der Waals surface area contributed by atoms with Gasteiger partial charge in [-0.1, -0.05) is 5.11 Å². The second-order valence-electron chi connectivity index (χ2n) is 2.50. The summed E-state index contributed by atoms with van der Waals surface area (Å²) in [6.07, 6.45) is 0. The molecule has 1 N–H and O–H groups in total. The SMILES string of the molecule is COC(=O)c1cc(I)c(N=[N+]=[N-])cc1O. The molecule has 15 heavy (non-hydrogen) atoms. The van der Waals surface area contributed by atoms with Gasteiger partial charge in [-0.3, -0.25) is 0 Å². The molecule has 0 atom stereocenters. The summed E-state index contributed by atoms with van der Waals surface area (Å²) < 4.78 is 5.03. The number of phenols is 1. The van der Waals surface area contributed by atoms with Crippen LogP contribution in [0.5, 0.6) is 5.75 Å². The fraction of sp³-hybridized carbons (Fsp3) is 0.125. The van der Waals surface area contributed by atoms with Crippen molar-refractivity contribution < 1.29 is 14.6 Å². The van der Waals surface area contributed by atoms with Crippen LogP contribution in [0.4, 0.5) is 5.69 Å². The first-order valence-corrected chi connectivity index (χ1v) is 4.84. The van der Waals surface area contributed by atoms with Crippen molar-refractivity contribution in [1.82, 2.24) is 0 Å². The molecule has 0 saturated carbocycles. The molecule has 78 valence electrons. The lowest BCUT2D eigenvalue weighted by atomic mass is 10.2. The third kappa shape index (κ3) is 2.51. The van der Waals surface area contributed by atoms with Crippen LogP contribution < -0.4 is 0 Å². The maximum absolute atomic E-state index is 11.2. The first kappa shape index (κ1) is 11.6. The minimum Gasteiger partial charge on any atom is -0.507 e. The molecule has 0 unspecified atom stereocenters. The quantitative estimate of drug-likeness (QED) is 0.298. The number of esters is 1. The van der Waals surface area contributed by atoms with Crippen molar-refractivity contribution in [2.75, 3.05) is 7.11 Å². The largest absolute Gasteiger partial charge is 0.507 e. The molecule has 0 aliphatic carbocycles. The monoisotopic (exact) mass is 319 g/mol. The normalized spacial score (nSPS) is 9.20. The van der Waals surface area contributed by atoms with Crippen molar-refractivity contribution in [3.05, 3.63) is 31.7 Å². The Morgan fingerprint density at radius 3 is 2.87 bits per heavy atom. The van der Waals surface area contributed by atoms with Gasteiger partial charge in [-0.15, -0.1) is 0 Å². The molecule has 0 saturated heterocycles. The van der Waals surface area contributed by atoms with Crippen molar-refractivity contribution in [3.63, 3.8) is 0 Å². The van der Waals surface area contributed by atoms with E-state index >= 15 is 0 Å². The van der Waals surface area contributed by atoms with E-state index in [0.29, 0.717) is 3.57 Å². The highest BCUT2D eigenvalue weighted by atomic mass is 127. The van der Waals surface area contributed by atoms with E-state index in [-0.39, 0.29) is 17.0 Å². The molecular weight excluding hydrogens is 313 g/mol. The number of carbonyl (C=O) groups is 1. The zero-order valence-electron chi connectivity index (χ0n) is 7.64. The minimum atomic E-state index is -0.641. The zero-order chi connectivity index (χ0) is 11.4. The van der Waals surface area contributed by atoms with Gasteiger partial charge in [-0.25, -0.2) is 4.79 Å². The van der Waals surface area contributed by atoms with E-state index in [0.717, 1.165) is 0 Å². The molecule has 0 amide bonds. The Balaban J connectivity index is 3.31. The Labute approximate surface area is 98.6 Å². The number of aromatic hydroxyl groups is 1. The van der Waals surface area contributed by atoms with Crippen LogP contribution in [0.25, 0.3) is 10.4 Å².